The molecule has 1 atom stereocenters. The molecule has 2 rings (SSSR count). The summed E-state index contributed by atoms with van der Waals surface area (Å²) < 4.78 is 10.7. The van der Waals surface area contributed by atoms with Gasteiger partial charge in [-0.05, 0) is 57.8 Å². The van der Waals surface area contributed by atoms with Crippen molar-refractivity contribution in [2.75, 3.05) is 39.8 Å². The maximum absolute atomic E-state index is 11.3. The van der Waals surface area contributed by atoms with Crippen molar-refractivity contribution in [2.24, 2.45) is 4.99 Å². The van der Waals surface area contributed by atoms with Gasteiger partial charge in [-0.3, -0.25) is 14.7 Å². The number of rotatable bonds is 12. The number of piperidine rings is 1. The number of carbonyl (C=O) groups is 1. The monoisotopic (exact) mass is 406 g/mol. The molecule has 1 aliphatic heterocycles. The summed E-state index contributed by atoms with van der Waals surface area (Å²) in [5.41, 5.74) is 0. The summed E-state index contributed by atoms with van der Waals surface area (Å²) in [6.07, 6.45) is 10.2. The molecule has 7 nitrogen and oxygen atoms in total. The molecule has 1 saturated heterocycles. The minimum absolute atomic E-state index is 0.0879. The van der Waals surface area contributed by atoms with Crippen molar-refractivity contribution >= 4 is 11.9 Å². The van der Waals surface area contributed by atoms with Crippen LogP contribution in [0.15, 0.2) is 27.8 Å². The molecule has 1 aromatic heterocycles. The zero-order valence-corrected chi connectivity index (χ0v) is 18.1. The van der Waals surface area contributed by atoms with Gasteiger partial charge in [0.15, 0.2) is 5.96 Å². The van der Waals surface area contributed by atoms with E-state index in [0.717, 1.165) is 63.6 Å². The van der Waals surface area contributed by atoms with Gasteiger partial charge in [-0.1, -0.05) is 19.3 Å². The topological polar surface area (TPSA) is 79.1 Å². The van der Waals surface area contributed by atoms with Crippen molar-refractivity contribution < 1.29 is 13.9 Å². The lowest BCUT2D eigenvalue weighted by Crippen LogP contribution is -2.44. The summed E-state index contributed by atoms with van der Waals surface area (Å²) in [4.78, 5) is 18.2. The predicted octanol–water partition coefficient (Wildman–Crippen LogP) is 3.49. The van der Waals surface area contributed by atoms with E-state index in [1.165, 1.54) is 19.3 Å². The fraction of sp³-hybridized carbons (Fsp3) is 0.727. The molecule has 164 valence electrons. The summed E-state index contributed by atoms with van der Waals surface area (Å²) in [6.45, 7) is 6.18. The number of hydrogen-bond donors (Lipinski definition) is 2. The summed E-state index contributed by atoms with van der Waals surface area (Å²) in [5.74, 6) is 1.75. The Morgan fingerprint density at radius 1 is 1.21 bits per heavy atom. The number of aliphatic imine (C=N–C) groups is 1. The van der Waals surface area contributed by atoms with Crippen molar-refractivity contribution in [2.45, 2.75) is 64.3 Å². The molecule has 2 heterocycles. The average Bonchev–Trinajstić information content (AvgIpc) is 3.27. The number of ether oxygens (including phenoxy) is 1. The van der Waals surface area contributed by atoms with Gasteiger partial charge in [-0.25, -0.2) is 0 Å². The zero-order chi connectivity index (χ0) is 20.7. The Morgan fingerprint density at radius 2 is 2.00 bits per heavy atom. The molecule has 0 aromatic carbocycles. The van der Waals surface area contributed by atoms with E-state index in [1.807, 2.05) is 13.0 Å². The Balaban J connectivity index is 1.65. The van der Waals surface area contributed by atoms with E-state index >= 15 is 0 Å². The quantitative estimate of drug-likeness (QED) is 0.239. The number of guanidine groups is 1. The fourth-order valence-electron chi connectivity index (χ4n) is 3.72. The van der Waals surface area contributed by atoms with E-state index in [4.69, 9.17) is 9.15 Å². The smallest absolute Gasteiger partial charge is 0.305 e. The Bertz CT molecular complexity index is 583. The first-order valence-corrected chi connectivity index (χ1v) is 11.1. The van der Waals surface area contributed by atoms with Gasteiger partial charge in [-0.2, -0.15) is 0 Å². The maximum atomic E-state index is 11.3. The number of likely N-dealkylation sites (tertiary alicyclic amines) is 1. The lowest BCUT2D eigenvalue weighted by atomic mass is 10.1. The van der Waals surface area contributed by atoms with Gasteiger partial charge in [0.25, 0.3) is 0 Å². The largest absolute Gasteiger partial charge is 0.468 e. The van der Waals surface area contributed by atoms with Crippen LogP contribution in [0, 0.1) is 0 Å². The van der Waals surface area contributed by atoms with E-state index < -0.39 is 0 Å². The molecule has 7 heteroatoms. The van der Waals surface area contributed by atoms with Crippen LogP contribution in [0.1, 0.15) is 70.1 Å². The van der Waals surface area contributed by atoms with Crippen molar-refractivity contribution in [3.8, 4) is 0 Å². The minimum atomic E-state index is -0.0879. The SMILES string of the molecule is CCOC(=O)CCCCCCNC(=NC)NCC(c1ccco1)N1CCCCC1. The van der Waals surface area contributed by atoms with Crippen LogP contribution in [0.5, 0.6) is 0 Å². The molecule has 0 radical (unpaired) electrons. The van der Waals surface area contributed by atoms with Gasteiger partial charge in [0.1, 0.15) is 5.76 Å². The summed E-state index contributed by atoms with van der Waals surface area (Å²) >= 11 is 0. The van der Waals surface area contributed by atoms with Crippen LogP contribution in [-0.2, 0) is 9.53 Å². The Kier molecular flexibility index (Phi) is 11.3. The highest BCUT2D eigenvalue weighted by molar-refractivity contribution is 5.79. The number of esters is 1. The lowest BCUT2D eigenvalue weighted by molar-refractivity contribution is -0.143. The van der Waals surface area contributed by atoms with Crippen LogP contribution in [0.25, 0.3) is 0 Å². The third-order valence-corrected chi connectivity index (χ3v) is 5.29. The van der Waals surface area contributed by atoms with E-state index in [1.54, 1.807) is 13.3 Å². The summed E-state index contributed by atoms with van der Waals surface area (Å²) in [5, 5.41) is 6.85. The molecule has 1 fully saturated rings. The van der Waals surface area contributed by atoms with Gasteiger partial charge in [0, 0.05) is 26.6 Å². The molecule has 1 aliphatic rings. The van der Waals surface area contributed by atoms with Crippen LogP contribution in [-0.4, -0.2) is 56.7 Å². The average molecular weight is 407 g/mol. The van der Waals surface area contributed by atoms with Crippen LogP contribution in [0.2, 0.25) is 0 Å². The Hall–Kier alpha value is -2.02. The second-order valence-corrected chi connectivity index (χ2v) is 7.48. The number of furan rings is 1. The molecule has 1 unspecified atom stereocenters. The third kappa shape index (κ3) is 8.90. The van der Waals surface area contributed by atoms with Crippen LogP contribution >= 0.6 is 0 Å². The van der Waals surface area contributed by atoms with Crippen molar-refractivity contribution in [1.82, 2.24) is 15.5 Å². The number of unbranched alkanes of at least 4 members (excludes halogenated alkanes) is 3. The number of nitrogens with one attached hydrogen (secondary N) is 2. The van der Waals surface area contributed by atoms with Gasteiger partial charge in [-0.15, -0.1) is 0 Å². The van der Waals surface area contributed by atoms with Gasteiger partial charge >= 0.3 is 5.97 Å². The van der Waals surface area contributed by atoms with E-state index in [0.29, 0.717) is 13.0 Å². The third-order valence-electron chi connectivity index (χ3n) is 5.29. The molecular formula is C22H38N4O3. The number of hydrogen-bond acceptors (Lipinski definition) is 5. The second-order valence-electron chi connectivity index (χ2n) is 7.48. The number of carbonyl (C=O) groups excluding carboxylic acids is 1. The molecule has 0 amide bonds. The van der Waals surface area contributed by atoms with Crippen LogP contribution < -0.4 is 10.6 Å². The van der Waals surface area contributed by atoms with Gasteiger partial charge < -0.3 is 19.8 Å². The standard InChI is InChI=1S/C22H38N4O3/c1-3-28-21(27)13-7-4-5-8-14-24-22(23-2)25-18-19(20-12-11-17-29-20)26-15-9-6-10-16-26/h11-12,17,19H,3-10,13-16,18H2,1-2H3,(H2,23,24,25). The van der Waals surface area contributed by atoms with E-state index in [9.17, 15) is 4.79 Å². The molecule has 0 spiro atoms. The molecule has 0 aliphatic carbocycles. The van der Waals surface area contributed by atoms with E-state index in [2.05, 4.69) is 26.6 Å². The van der Waals surface area contributed by atoms with Crippen LogP contribution in [0.3, 0.4) is 0 Å². The lowest BCUT2D eigenvalue weighted by Gasteiger charge is -2.33. The second kappa shape index (κ2) is 14.0. The van der Waals surface area contributed by atoms with E-state index in [-0.39, 0.29) is 12.0 Å². The first-order chi connectivity index (χ1) is 14.2. The molecular weight excluding hydrogens is 368 g/mol. The highest BCUT2D eigenvalue weighted by atomic mass is 16.5. The first kappa shape index (κ1) is 23.3. The molecule has 1 aromatic rings. The Labute approximate surface area is 175 Å². The first-order valence-electron chi connectivity index (χ1n) is 11.1. The van der Waals surface area contributed by atoms with Gasteiger partial charge in [0.2, 0.25) is 0 Å². The predicted molar refractivity (Wildman–Crippen MR) is 116 cm³/mol. The number of nitrogens with zero attached hydrogens (tertiary/aromatic N) is 2. The zero-order valence-electron chi connectivity index (χ0n) is 18.1. The molecule has 0 saturated carbocycles. The molecule has 2 N–H and O–H groups in total. The highest BCUT2D eigenvalue weighted by Crippen LogP contribution is 2.24. The van der Waals surface area contributed by atoms with Crippen molar-refractivity contribution in [3.05, 3.63) is 24.2 Å². The van der Waals surface area contributed by atoms with Crippen molar-refractivity contribution in [1.29, 1.82) is 0 Å². The van der Waals surface area contributed by atoms with Crippen LogP contribution in [0.4, 0.5) is 0 Å². The molecule has 0 bridgehead atoms. The Morgan fingerprint density at radius 3 is 2.69 bits per heavy atom. The van der Waals surface area contributed by atoms with Crippen molar-refractivity contribution in [3.63, 3.8) is 0 Å². The fourth-order valence-corrected chi connectivity index (χ4v) is 3.72. The normalized spacial score (nSPS) is 16.4. The summed E-state index contributed by atoms with van der Waals surface area (Å²) in [7, 11) is 1.80. The summed E-state index contributed by atoms with van der Waals surface area (Å²) in [6, 6.07) is 4.25. The minimum Gasteiger partial charge on any atom is -0.468 e. The highest BCUT2D eigenvalue weighted by Gasteiger charge is 2.24. The molecule has 29 heavy (non-hydrogen) atoms. The maximum Gasteiger partial charge on any atom is 0.305 e. The van der Waals surface area contributed by atoms with Gasteiger partial charge in [0.05, 0.1) is 18.9 Å².